The average Bonchev–Trinajstić information content (AvgIpc) is 3.56. The molecule has 0 unspecified atom stereocenters. The lowest BCUT2D eigenvalue weighted by atomic mass is 9.75. The fourth-order valence-electron chi connectivity index (χ4n) is 6.93. The first-order valence-electron chi connectivity index (χ1n) is 13.3. The number of nitrogens with zero attached hydrogens (tertiary/aromatic N) is 4. The van der Waals surface area contributed by atoms with Gasteiger partial charge in [0.2, 0.25) is 11.8 Å². The standard InChI is InChI=1S/C30H25N5O6/c1-15(2)25-23-24(28(38)33(27(23)37)21-13-12-16(35(39)40)14-22(21)41-3)30(32-25)18-9-5-7-11-20(18)34-26(36)17-8-4-6-10-19(17)31-29(30)34/h4-15,23-25,32H,1-3H3/t23-,24+,25-,30+/m0/s1. The second-order valence-corrected chi connectivity index (χ2v) is 11.0. The topological polar surface area (TPSA) is 137 Å². The van der Waals surface area contributed by atoms with Gasteiger partial charge in [-0.15, -0.1) is 0 Å². The number of anilines is 1. The highest BCUT2D eigenvalue weighted by molar-refractivity contribution is 6.24. The van der Waals surface area contributed by atoms with Gasteiger partial charge in [-0.3, -0.25) is 34.4 Å². The number of fused-ring (bicyclic) bond motifs is 8. The summed E-state index contributed by atoms with van der Waals surface area (Å²) in [5, 5.41) is 15.5. The zero-order valence-corrected chi connectivity index (χ0v) is 22.4. The SMILES string of the molecule is COc1cc([N+](=O)[O-])ccc1N1C(=O)[C@@H]2[C@H](C(C)C)N[C@]3(c4ccccc4-n4c3nc3ccccc3c4=O)[C@H]2C1=O. The Hall–Kier alpha value is -4.90. The molecule has 2 fully saturated rings. The summed E-state index contributed by atoms with van der Waals surface area (Å²) >= 11 is 0. The molecule has 0 bridgehead atoms. The van der Waals surface area contributed by atoms with Crippen molar-refractivity contribution in [3.63, 3.8) is 0 Å². The van der Waals surface area contributed by atoms with Crippen LogP contribution in [-0.2, 0) is 15.1 Å². The molecule has 2 saturated heterocycles. The van der Waals surface area contributed by atoms with Crippen molar-refractivity contribution in [2.75, 3.05) is 12.0 Å². The van der Waals surface area contributed by atoms with Crippen LogP contribution in [0.1, 0.15) is 25.2 Å². The predicted molar refractivity (Wildman–Crippen MR) is 149 cm³/mol. The second-order valence-electron chi connectivity index (χ2n) is 11.0. The van der Waals surface area contributed by atoms with Gasteiger partial charge in [0.05, 0.1) is 52.2 Å². The summed E-state index contributed by atoms with van der Waals surface area (Å²) in [6, 6.07) is 17.8. The van der Waals surface area contributed by atoms with Crippen LogP contribution in [0.4, 0.5) is 11.4 Å². The average molecular weight is 552 g/mol. The molecule has 3 aliphatic rings. The van der Waals surface area contributed by atoms with Gasteiger partial charge in [0.25, 0.3) is 11.2 Å². The minimum atomic E-state index is -1.27. The van der Waals surface area contributed by atoms with E-state index in [4.69, 9.17) is 9.72 Å². The lowest BCUT2D eigenvalue weighted by molar-refractivity contribution is -0.384. The number of methoxy groups -OCH3 is 1. The maximum absolute atomic E-state index is 14.5. The Morgan fingerprint density at radius 3 is 2.46 bits per heavy atom. The number of carbonyl (C=O) groups excluding carboxylic acids is 2. The van der Waals surface area contributed by atoms with Crippen LogP contribution in [0.5, 0.6) is 5.75 Å². The fourth-order valence-corrected chi connectivity index (χ4v) is 6.93. The molecule has 0 aliphatic carbocycles. The summed E-state index contributed by atoms with van der Waals surface area (Å²) in [6.45, 7) is 3.95. The number of rotatable bonds is 4. The van der Waals surface area contributed by atoms with Crippen LogP contribution in [0.3, 0.4) is 0 Å². The van der Waals surface area contributed by atoms with Crippen LogP contribution in [0.15, 0.2) is 71.5 Å². The van der Waals surface area contributed by atoms with E-state index in [2.05, 4.69) is 5.32 Å². The van der Waals surface area contributed by atoms with Gasteiger partial charge in [0, 0.05) is 17.7 Å². The van der Waals surface area contributed by atoms with Gasteiger partial charge >= 0.3 is 0 Å². The second kappa shape index (κ2) is 8.55. The molecule has 1 N–H and O–H groups in total. The summed E-state index contributed by atoms with van der Waals surface area (Å²) < 4.78 is 6.96. The molecule has 1 spiro atoms. The Morgan fingerprint density at radius 1 is 1.00 bits per heavy atom. The molecule has 0 radical (unpaired) electrons. The van der Waals surface area contributed by atoms with Crippen molar-refractivity contribution in [1.29, 1.82) is 0 Å². The van der Waals surface area contributed by atoms with E-state index in [1.807, 2.05) is 38.1 Å². The Bertz CT molecular complexity index is 1880. The van der Waals surface area contributed by atoms with Crippen molar-refractivity contribution in [1.82, 2.24) is 14.9 Å². The van der Waals surface area contributed by atoms with Crippen molar-refractivity contribution < 1.29 is 19.2 Å². The van der Waals surface area contributed by atoms with Crippen LogP contribution in [0, 0.1) is 27.9 Å². The summed E-state index contributed by atoms with van der Waals surface area (Å²) in [5.74, 6) is -2.32. The highest BCUT2D eigenvalue weighted by atomic mass is 16.6. The number of nitrogens with one attached hydrogen (secondary N) is 1. The third kappa shape index (κ3) is 3.12. The summed E-state index contributed by atoms with van der Waals surface area (Å²) in [5.41, 5.74) is 0.173. The third-order valence-electron chi connectivity index (χ3n) is 8.63. The van der Waals surface area contributed by atoms with Crippen LogP contribution >= 0.6 is 0 Å². The molecule has 4 atom stereocenters. The number of benzene rings is 3. The smallest absolute Gasteiger partial charge is 0.273 e. The Labute approximate surface area is 233 Å². The lowest BCUT2D eigenvalue weighted by Crippen LogP contribution is -2.51. The molecule has 4 aromatic rings. The molecule has 11 heteroatoms. The molecule has 3 aromatic carbocycles. The number of hydrogen-bond donors (Lipinski definition) is 1. The van der Waals surface area contributed by atoms with Crippen molar-refractivity contribution in [3.8, 4) is 11.4 Å². The zero-order chi connectivity index (χ0) is 28.8. The van der Waals surface area contributed by atoms with Crippen LogP contribution in [-0.4, -0.2) is 39.4 Å². The largest absolute Gasteiger partial charge is 0.494 e. The maximum atomic E-state index is 14.5. The molecule has 1 aromatic heterocycles. The van der Waals surface area contributed by atoms with E-state index in [9.17, 15) is 24.5 Å². The molecule has 3 aliphatic heterocycles. The van der Waals surface area contributed by atoms with E-state index in [0.717, 1.165) is 4.90 Å². The van der Waals surface area contributed by atoms with Gasteiger partial charge in [-0.05, 0) is 30.2 Å². The van der Waals surface area contributed by atoms with Gasteiger partial charge in [0.15, 0.2) is 0 Å². The summed E-state index contributed by atoms with van der Waals surface area (Å²) in [6.07, 6.45) is 0. The first kappa shape index (κ1) is 25.1. The number of imide groups is 1. The number of para-hydroxylation sites is 2. The molecular weight excluding hydrogens is 526 g/mol. The van der Waals surface area contributed by atoms with Gasteiger partial charge in [-0.2, -0.15) is 0 Å². The van der Waals surface area contributed by atoms with Gasteiger partial charge in [-0.25, -0.2) is 9.88 Å². The molecule has 0 saturated carbocycles. The maximum Gasteiger partial charge on any atom is 0.273 e. The summed E-state index contributed by atoms with van der Waals surface area (Å²) in [7, 11) is 1.33. The summed E-state index contributed by atoms with van der Waals surface area (Å²) in [4.78, 5) is 59.5. The van der Waals surface area contributed by atoms with Crippen LogP contribution < -0.4 is 20.5 Å². The van der Waals surface area contributed by atoms with E-state index in [1.54, 1.807) is 28.8 Å². The Morgan fingerprint density at radius 2 is 1.73 bits per heavy atom. The van der Waals surface area contributed by atoms with E-state index in [0.29, 0.717) is 28.0 Å². The number of non-ortho nitro benzene ring substituents is 1. The quantitative estimate of drug-likeness (QED) is 0.232. The fraction of sp³-hybridized carbons (Fsp3) is 0.267. The van der Waals surface area contributed by atoms with Crippen molar-refractivity contribution >= 4 is 34.1 Å². The van der Waals surface area contributed by atoms with Gasteiger partial charge in [-0.1, -0.05) is 44.2 Å². The van der Waals surface area contributed by atoms with Crippen molar-refractivity contribution in [3.05, 3.63) is 98.6 Å². The van der Waals surface area contributed by atoms with Crippen LogP contribution in [0.25, 0.3) is 16.6 Å². The van der Waals surface area contributed by atoms with Gasteiger partial charge in [0.1, 0.15) is 17.1 Å². The number of aromatic nitrogens is 2. The highest BCUT2D eigenvalue weighted by Crippen LogP contribution is 2.57. The van der Waals surface area contributed by atoms with Crippen molar-refractivity contribution in [2.24, 2.45) is 17.8 Å². The Balaban J connectivity index is 1.50. The third-order valence-corrected chi connectivity index (χ3v) is 8.63. The molecule has 7 rings (SSSR count). The highest BCUT2D eigenvalue weighted by Gasteiger charge is 2.70. The normalized spacial score (nSPS) is 24.3. The lowest BCUT2D eigenvalue weighted by Gasteiger charge is -2.32. The van der Waals surface area contributed by atoms with E-state index in [-0.39, 0.29) is 28.6 Å². The first-order valence-corrected chi connectivity index (χ1v) is 13.3. The molecule has 2 amide bonds. The minimum absolute atomic E-state index is 0.0385. The molecule has 41 heavy (non-hydrogen) atoms. The number of ether oxygens (including phenoxy) is 1. The minimum Gasteiger partial charge on any atom is -0.494 e. The van der Waals surface area contributed by atoms with E-state index < -0.39 is 40.2 Å². The first-order chi connectivity index (χ1) is 19.7. The number of hydrogen-bond acceptors (Lipinski definition) is 8. The zero-order valence-electron chi connectivity index (χ0n) is 22.4. The monoisotopic (exact) mass is 551 g/mol. The van der Waals surface area contributed by atoms with Crippen molar-refractivity contribution in [2.45, 2.75) is 25.4 Å². The predicted octanol–water partition coefficient (Wildman–Crippen LogP) is 3.29. The van der Waals surface area contributed by atoms with E-state index >= 15 is 0 Å². The number of amides is 2. The van der Waals surface area contributed by atoms with E-state index in [1.165, 1.54) is 25.3 Å². The molecule has 206 valence electrons. The van der Waals surface area contributed by atoms with Crippen LogP contribution in [0.2, 0.25) is 0 Å². The Kier molecular flexibility index (Phi) is 5.23. The number of carbonyl (C=O) groups is 2. The number of nitro benzene ring substituents is 1. The molecule has 4 heterocycles. The molecular formula is C30H25N5O6. The number of nitro groups is 1. The molecule has 11 nitrogen and oxygen atoms in total. The van der Waals surface area contributed by atoms with Gasteiger partial charge < -0.3 is 4.74 Å².